The van der Waals surface area contributed by atoms with E-state index in [1.54, 1.807) is 0 Å². The molecule has 0 amide bonds. The van der Waals surface area contributed by atoms with Crippen molar-refractivity contribution in [2.75, 3.05) is 0 Å². The van der Waals surface area contributed by atoms with Gasteiger partial charge >= 0.3 is 6.18 Å². The summed E-state index contributed by atoms with van der Waals surface area (Å²) in [6.45, 7) is 7.87. The zero-order valence-electron chi connectivity index (χ0n) is 12.1. The maximum Gasteiger partial charge on any atom is 0.421 e. The number of aromatic hydroxyl groups is 1. The van der Waals surface area contributed by atoms with Gasteiger partial charge in [0.2, 0.25) is 0 Å². The Hall–Kier alpha value is -0.750. The molecule has 0 aromatic heterocycles. The van der Waals surface area contributed by atoms with Gasteiger partial charge in [0.15, 0.2) is 0 Å². The monoisotopic (exact) mass is 358 g/mol. The van der Waals surface area contributed by atoms with E-state index in [2.05, 4.69) is 22.9 Å². The Labute approximate surface area is 126 Å². The maximum absolute atomic E-state index is 12.1. The third-order valence-electron chi connectivity index (χ3n) is 1.98. The van der Waals surface area contributed by atoms with Crippen LogP contribution in [0.2, 0.25) is 0 Å². The summed E-state index contributed by atoms with van der Waals surface area (Å²) in [6, 6.07) is 3.55. The highest BCUT2D eigenvalue weighted by Crippen LogP contribution is 2.40. The van der Waals surface area contributed by atoms with Crippen LogP contribution in [-0.2, 0) is 6.18 Å². The van der Waals surface area contributed by atoms with E-state index >= 15 is 0 Å². The van der Waals surface area contributed by atoms with Crippen molar-refractivity contribution in [3.05, 3.63) is 28.2 Å². The van der Waals surface area contributed by atoms with Gasteiger partial charge in [-0.1, -0.05) is 49.2 Å². The summed E-state index contributed by atoms with van der Waals surface area (Å²) in [5.74, 6) is -0.767. The Balaban J connectivity index is 0. The van der Waals surface area contributed by atoms with Crippen molar-refractivity contribution < 1.29 is 23.4 Å². The number of benzene rings is 1. The highest BCUT2D eigenvalue weighted by molar-refractivity contribution is 9.10. The van der Waals surface area contributed by atoms with Crippen molar-refractivity contribution in [3.63, 3.8) is 0 Å². The zero-order valence-corrected chi connectivity index (χ0v) is 13.7. The molecule has 0 saturated carbocycles. The molecule has 0 spiro atoms. The molecule has 20 heavy (non-hydrogen) atoms. The Bertz CT molecular complexity index is 346. The molecule has 0 aliphatic heterocycles. The number of aliphatic hydroxyl groups is 1. The fourth-order valence-electron chi connectivity index (χ4n) is 1.21. The van der Waals surface area contributed by atoms with Crippen molar-refractivity contribution in [1.29, 1.82) is 0 Å². The van der Waals surface area contributed by atoms with E-state index in [4.69, 9.17) is 10.2 Å². The summed E-state index contributed by atoms with van der Waals surface area (Å²) in [7, 11) is 0. The van der Waals surface area contributed by atoms with Gasteiger partial charge in [-0.15, -0.1) is 0 Å². The lowest BCUT2D eigenvalue weighted by molar-refractivity contribution is -0.139. The van der Waals surface area contributed by atoms with E-state index < -0.39 is 17.5 Å². The van der Waals surface area contributed by atoms with Gasteiger partial charge in [-0.3, -0.25) is 0 Å². The molecule has 0 radical (unpaired) electrons. The molecular formula is C14H22BrF3O2. The minimum absolute atomic E-state index is 0.102. The topological polar surface area (TPSA) is 40.5 Å². The Morgan fingerprint density at radius 2 is 1.75 bits per heavy atom. The van der Waals surface area contributed by atoms with Crippen molar-refractivity contribution in [2.45, 2.75) is 52.8 Å². The summed E-state index contributed by atoms with van der Waals surface area (Å²) >= 11 is 2.70. The molecule has 1 aromatic rings. The molecule has 1 unspecified atom stereocenters. The molecule has 0 heterocycles. The average molecular weight is 359 g/mol. The van der Waals surface area contributed by atoms with Crippen molar-refractivity contribution in [2.24, 2.45) is 0 Å². The first kappa shape index (κ1) is 21.5. The second-order valence-electron chi connectivity index (χ2n) is 3.77. The number of aliphatic hydroxyl groups excluding tert-OH is 1. The largest absolute Gasteiger partial charge is 0.507 e. The summed E-state index contributed by atoms with van der Waals surface area (Å²) < 4.78 is 36.2. The van der Waals surface area contributed by atoms with Crippen molar-refractivity contribution >= 4 is 15.9 Å². The number of halogens is 4. The quantitative estimate of drug-likeness (QED) is 0.746. The molecule has 0 saturated heterocycles. The van der Waals surface area contributed by atoms with Crippen LogP contribution in [0, 0.1) is 0 Å². The van der Waals surface area contributed by atoms with Crippen LogP contribution in [0.5, 0.6) is 5.75 Å². The van der Waals surface area contributed by atoms with Gasteiger partial charge in [0.05, 0.1) is 6.10 Å². The fraction of sp³-hybridized carbons (Fsp3) is 0.571. The lowest BCUT2D eigenvalue weighted by atomic mass is 10.2. The minimum atomic E-state index is -4.52. The highest BCUT2D eigenvalue weighted by Gasteiger charge is 2.35. The summed E-state index contributed by atoms with van der Waals surface area (Å²) in [5.41, 5.74) is -1.04. The van der Waals surface area contributed by atoms with Crippen LogP contribution in [-0.4, -0.2) is 16.3 Å². The smallest absolute Gasteiger partial charge is 0.421 e. The van der Waals surface area contributed by atoms with Gasteiger partial charge in [0, 0.05) is 4.47 Å². The molecule has 2 nitrogen and oxygen atoms in total. The molecular weight excluding hydrogens is 337 g/mol. The second-order valence-corrected chi connectivity index (χ2v) is 4.62. The molecule has 0 bridgehead atoms. The Morgan fingerprint density at radius 3 is 1.95 bits per heavy atom. The van der Waals surface area contributed by atoms with Crippen LogP contribution in [0.15, 0.2) is 22.7 Å². The summed E-state index contributed by atoms with van der Waals surface area (Å²) in [5, 5.41) is 17.4. The van der Waals surface area contributed by atoms with Crippen LogP contribution in [0.25, 0.3) is 0 Å². The first-order chi connectivity index (χ1) is 9.20. The van der Waals surface area contributed by atoms with Gasteiger partial charge < -0.3 is 10.2 Å². The standard InChI is InChI=1S/C7H4BrF3O.C5H12O.C2H6/c8-4-2-1-3-5(12)6(4)7(9,10)11;1-3-4-5(2)6;1-2/h1-3,12H;5-6H,3-4H2,1-2H3;1-2H3. The molecule has 1 atom stereocenters. The SMILES string of the molecule is CC.CCCC(C)O.Oc1cccc(Br)c1C(F)(F)F. The van der Waals surface area contributed by atoms with Gasteiger partial charge in [-0.2, -0.15) is 13.2 Å². The van der Waals surface area contributed by atoms with E-state index in [1.807, 2.05) is 20.8 Å². The van der Waals surface area contributed by atoms with Crippen molar-refractivity contribution in [3.8, 4) is 5.75 Å². The number of alkyl halides is 3. The summed E-state index contributed by atoms with van der Waals surface area (Å²) in [6.07, 6.45) is -2.61. The van der Waals surface area contributed by atoms with E-state index in [0.29, 0.717) is 0 Å². The number of phenols is 1. The predicted octanol–water partition coefficient (Wildman–Crippen LogP) is 5.37. The molecule has 118 valence electrons. The predicted molar refractivity (Wildman–Crippen MR) is 78.7 cm³/mol. The van der Waals surface area contributed by atoms with Gasteiger partial charge in [0.1, 0.15) is 11.3 Å². The lowest BCUT2D eigenvalue weighted by Gasteiger charge is -2.09. The molecule has 0 fully saturated rings. The van der Waals surface area contributed by atoms with Gasteiger partial charge in [0.25, 0.3) is 0 Å². The molecule has 0 aliphatic carbocycles. The number of phenolic OH excluding ortho intramolecular Hbond substituents is 1. The second kappa shape index (κ2) is 11.0. The zero-order chi connectivity index (χ0) is 16.3. The molecule has 2 N–H and O–H groups in total. The third kappa shape index (κ3) is 9.20. The number of hydrogen-bond donors (Lipinski definition) is 2. The molecule has 1 rings (SSSR count). The van der Waals surface area contributed by atoms with Crippen molar-refractivity contribution in [1.82, 2.24) is 0 Å². The van der Waals surface area contributed by atoms with Gasteiger partial charge in [-0.05, 0) is 25.5 Å². The van der Waals surface area contributed by atoms with E-state index in [1.165, 1.54) is 12.1 Å². The first-order valence-corrected chi connectivity index (χ1v) is 7.22. The first-order valence-electron chi connectivity index (χ1n) is 6.42. The Kier molecular flexibility index (Phi) is 11.8. The normalized spacial score (nSPS) is 11.7. The van der Waals surface area contributed by atoms with E-state index in [-0.39, 0.29) is 10.6 Å². The van der Waals surface area contributed by atoms with Crippen LogP contribution in [0.1, 0.15) is 46.1 Å². The maximum atomic E-state index is 12.1. The third-order valence-corrected chi connectivity index (χ3v) is 2.64. The molecule has 1 aromatic carbocycles. The summed E-state index contributed by atoms with van der Waals surface area (Å²) in [4.78, 5) is 0. The highest BCUT2D eigenvalue weighted by atomic mass is 79.9. The van der Waals surface area contributed by atoms with Crippen LogP contribution in [0.3, 0.4) is 0 Å². The number of hydrogen-bond acceptors (Lipinski definition) is 2. The average Bonchev–Trinajstić information content (AvgIpc) is 2.30. The molecule has 6 heteroatoms. The lowest BCUT2D eigenvalue weighted by Crippen LogP contribution is -2.06. The van der Waals surface area contributed by atoms with Crippen LogP contribution >= 0.6 is 15.9 Å². The Morgan fingerprint density at radius 1 is 1.25 bits per heavy atom. The fourth-order valence-corrected chi connectivity index (χ4v) is 1.79. The minimum Gasteiger partial charge on any atom is -0.507 e. The number of rotatable bonds is 2. The molecule has 0 aliphatic rings. The van der Waals surface area contributed by atoms with Crippen LogP contribution < -0.4 is 0 Å². The van der Waals surface area contributed by atoms with Gasteiger partial charge in [-0.25, -0.2) is 0 Å². The van der Waals surface area contributed by atoms with E-state index in [0.717, 1.165) is 18.9 Å². The van der Waals surface area contributed by atoms with E-state index in [9.17, 15) is 13.2 Å². The van der Waals surface area contributed by atoms with Crippen LogP contribution in [0.4, 0.5) is 13.2 Å².